The lowest BCUT2D eigenvalue weighted by Gasteiger charge is -2.38. The average Bonchev–Trinajstić information content (AvgIpc) is 2.94. The molecule has 136 valence electrons. The Bertz CT molecular complexity index is 756. The number of hydrogen-bond acceptors (Lipinski definition) is 4. The summed E-state index contributed by atoms with van der Waals surface area (Å²) in [6, 6.07) is 7.07. The fourth-order valence-electron chi connectivity index (χ4n) is 4.49. The van der Waals surface area contributed by atoms with Gasteiger partial charge in [0.05, 0.1) is 18.9 Å². The van der Waals surface area contributed by atoms with Crippen LogP contribution in [-0.4, -0.2) is 36.3 Å². The number of carbonyl (C=O) groups excluding carboxylic acids is 3. The Morgan fingerprint density at radius 3 is 2.38 bits per heavy atom. The van der Waals surface area contributed by atoms with E-state index in [1.54, 1.807) is 31.4 Å². The van der Waals surface area contributed by atoms with Gasteiger partial charge in [0.25, 0.3) is 0 Å². The fraction of sp³-hybridized carbons (Fsp3) is 0.450. The minimum atomic E-state index is -0.227. The molecule has 0 unspecified atom stereocenters. The predicted molar refractivity (Wildman–Crippen MR) is 95.3 cm³/mol. The van der Waals surface area contributed by atoms with Crippen molar-refractivity contribution in [1.82, 2.24) is 4.90 Å². The van der Waals surface area contributed by atoms with E-state index in [1.165, 1.54) is 4.90 Å². The lowest BCUT2D eigenvalue weighted by atomic mass is 9.63. The van der Waals surface area contributed by atoms with Crippen LogP contribution in [0.2, 0.25) is 0 Å². The number of imide groups is 1. The van der Waals surface area contributed by atoms with Crippen LogP contribution < -0.4 is 10.1 Å². The Hall–Kier alpha value is -2.63. The number of methoxy groups -OCH3 is 1. The lowest BCUT2D eigenvalue weighted by molar-refractivity contribution is -0.140. The van der Waals surface area contributed by atoms with Crippen molar-refractivity contribution >= 4 is 23.4 Å². The molecule has 1 aliphatic heterocycles. The number of ether oxygens (including phenoxy) is 1. The molecule has 1 saturated carbocycles. The Kier molecular flexibility index (Phi) is 4.26. The highest BCUT2D eigenvalue weighted by Gasteiger charge is 2.56. The van der Waals surface area contributed by atoms with E-state index in [-0.39, 0.29) is 54.4 Å². The molecular formula is C20H22N2O4. The highest BCUT2D eigenvalue weighted by Crippen LogP contribution is 2.49. The van der Waals surface area contributed by atoms with Crippen molar-refractivity contribution < 1.29 is 19.1 Å². The van der Waals surface area contributed by atoms with Crippen LogP contribution in [0.1, 0.15) is 19.3 Å². The zero-order valence-corrected chi connectivity index (χ0v) is 14.7. The summed E-state index contributed by atoms with van der Waals surface area (Å²) in [6.45, 7) is 0.139. The van der Waals surface area contributed by atoms with Crippen LogP contribution in [-0.2, 0) is 14.4 Å². The van der Waals surface area contributed by atoms with Gasteiger partial charge in [0.2, 0.25) is 17.7 Å². The van der Waals surface area contributed by atoms with Crippen molar-refractivity contribution in [2.75, 3.05) is 19.0 Å². The molecule has 5 rings (SSSR count). The summed E-state index contributed by atoms with van der Waals surface area (Å²) in [5.41, 5.74) is 0.629. The molecular weight excluding hydrogens is 332 g/mol. The van der Waals surface area contributed by atoms with Gasteiger partial charge in [0.1, 0.15) is 5.75 Å². The first-order valence-electron chi connectivity index (χ1n) is 9.06. The SMILES string of the molecule is COc1cccc(NC(=O)CCN2C(=O)[C@@H]3[C@@H](C2=O)[C@H]2C=C[C@H]3CC2)c1. The molecule has 1 aromatic carbocycles. The molecule has 3 aliphatic carbocycles. The molecule has 0 radical (unpaired) electrons. The summed E-state index contributed by atoms with van der Waals surface area (Å²) in [5, 5.41) is 2.78. The molecule has 2 fully saturated rings. The van der Waals surface area contributed by atoms with Crippen LogP contribution in [0.25, 0.3) is 0 Å². The average molecular weight is 354 g/mol. The number of benzene rings is 1. The lowest BCUT2D eigenvalue weighted by Crippen LogP contribution is -2.38. The Labute approximate surface area is 152 Å². The standard InChI is InChI=1S/C20H22N2O4/c1-26-15-4-2-3-14(11-15)21-16(23)9-10-22-19(24)17-12-5-6-13(8-7-12)18(17)20(22)25/h2-6,11-13,17-18H,7-10H2,1H3,(H,21,23)/t12-,13-,17-,18-/m0/s1. The van der Waals surface area contributed by atoms with Gasteiger partial charge < -0.3 is 10.1 Å². The van der Waals surface area contributed by atoms with E-state index in [0.717, 1.165) is 12.8 Å². The number of rotatable bonds is 5. The number of carbonyl (C=O) groups is 3. The second-order valence-electron chi connectivity index (χ2n) is 7.20. The third kappa shape index (κ3) is 2.79. The quantitative estimate of drug-likeness (QED) is 0.650. The molecule has 3 amide bonds. The van der Waals surface area contributed by atoms with Gasteiger partial charge >= 0.3 is 0 Å². The van der Waals surface area contributed by atoms with Gasteiger partial charge in [-0.25, -0.2) is 0 Å². The van der Waals surface area contributed by atoms with Gasteiger partial charge in [-0.15, -0.1) is 0 Å². The summed E-state index contributed by atoms with van der Waals surface area (Å²) in [5.74, 6) is 0.144. The predicted octanol–water partition coefficient (Wildman–Crippen LogP) is 2.22. The first kappa shape index (κ1) is 16.8. The summed E-state index contributed by atoms with van der Waals surface area (Å²) in [4.78, 5) is 39.0. The first-order chi connectivity index (χ1) is 12.6. The maximum atomic E-state index is 12.7. The van der Waals surface area contributed by atoms with E-state index in [0.29, 0.717) is 11.4 Å². The number of nitrogens with zero attached hydrogens (tertiary/aromatic N) is 1. The molecule has 6 nitrogen and oxygen atoms in total. The second-order valence-corrected chi connectivity index (χ2v) is 7.20. The van der Waals surface area contributed by atoms with Crippen molar-refractivity contribution in [3.63, 3.8) is 0 Å². The molecule has 1 N–H and O–H groups in total. The van der Waals surface area contributed by atoms with Crippen LogP contribution >= 0.6 is 0 Å². The third-order valence-electron chi connectivity index (χ3n) is 5.77. The molecule has 26 heavy (non-hydrogen) atoms. The third-order valence-corrected chi connectivity index (χ3v) is 5.77. The molecule has 4 aliphatic rings. The van der Waals surface area contributed by atoms with E-state index in [2.05, 4.69) is 17.5 Å². The minimum Gasteiger partial charge on any atom is -0.497 e. The maximum Gasteiger partial charge on any atom is 0.233 e. The summed E-state index contributed by atoms with van der Waals surface area (Å²) in [6.07, 6.45) is 6.24. The Morgan fingerprint density at radius 1 is 1.15 bits per heavy atom. The molecule has 0 spiro atoms. The molecule has 2 bridgehead atoms. The van der Waals surface area contributed by atoms with E-state index < -0.39 is 0 Å². The smallest absolute Gasteiger partial charge is 0.233 e. The number of likely N-dealkylation sites (tertiary alicyclic amines) is 1. The van der Waals surface area contributed by atoms with Crippen molar-refractivity contribution in [3.05, 3.63) is 36.4 Å². The fourth-order valence-corrected chi connectivity index (χ4v) is 4.49. The van der Waals surface area contributed by atoms with Crippen LogP contribution in [0.4, 0.5) is 5.69 Å². The van der Waals surface area contributed by atoms with Gasteiger partial charge in [-0.05, 0) is 36.8 Å². The highest BCUT2D eigenvalue weighted by molar-refractivity contribution is 6.06. The van der Waals surface area contributed by atoms with Crippen molar-refractivity contribution in [2.24, 2.45) is 23.7 Å². The second kappa shape index (κ2) is 6.59. The minimum absolute atomic E-state index is 0.0941. The van der Waals surface area contributed by atoms with E-state index >= 15 is 0 Å². The van der Waals surface area contributed by atoms with Crippen LogP contribution in [0.5, 0.6) is 5.75 Å². The molecule has 4 atom stereocenters. The maximum absolute atomic E-state index is 12.7. The number of allylic oxidation sites excluding steroid dienone is 2. The Morgan fingerprint density at radius 2 is 1.81 bits per heavy atom. The monoisotopic (exact) mass is 354 g/mol. The zero-order chi connectivity index (χ0) is 18.3. The van der Waals surface area contributed by atoms with Crippen molar-refractivity contribution in [3.8, 4) is 5.75 Å². The normalized spacial score (nSPS) is 29.0. The number of fused-ring (bicyclic) bond motifs is 1. The number of hydrogen-bond donors (Lipinski definition) is 1. The van der Waals surface area contributed by atoms with Gasteiger partial charge in [0, 0.05) is 24.7 Å². The topological polar surface area (TPSA) is 75.7 Å². The van der Waals surface area contributed by atoms with Gasteiger partial charge in [-0.3, -0.25) is 19.3 Å². The summed E-state index contributed by atoms with van der Waals surface area (Å²) < 4.78 is 5.13. The van der Waals surface area contributed by atoms with Gasteiger partial charge in [0.15, 0.2) is 0 Å². The highest BCUT2D eigenvalue weighted by atomic mass is 16.5. The van der Waals surface area contributed by atoms with E-state index in [9.17, 15) is 14.4 Å². The van der Waals surface area contributed by atoms with Crippen molar-refractivity contribution in [1.29, 1.82) is 0 Å². The van der Waals surface area contributed by atoms with Crippen LogP contribution in [0, 0.1) is 23.7 Å². The molecule has 1 aromatic rings. The van der Waals surface area contributed by atoms with Crippen molar-refractivity contribution in [2.45, 2.75) is 19.3 Å². The van der Waals surface area contributed by atoms with E-state index in [4.69, 9.17) is 4.74 Å². The number of anilines is 1. The Balaban J connectivity index is 1.38. The van der Waals surface area contributed by atoms with Gasteiger partial charge in [-0.2, -0.15) is 0 Å². The molecule has 1 saturated heterocycles. The number of amides is 3. The molecule has 0 aromatic heterocycles. The van der Waals surface area contributed by atoms with E-state index in [1.807, 2.05) is 0 Å². The van der Waals surface area contributed by atoms with Crippen LogP contribution in [0.15, 0.2) is 36.4 Å². The molecule has 6 heteroatoms. The first-order valence-corrected chi connectivity index (χ1v) is 9.06. The summed E-state index contributed by atoms with van der Waals surface area (Å²) in [7, 11) is 1.56. The molecule has 1 heterocycles. The zero-order valence-electron chi connectivity index (χ0n) is 14.7. The van der Waals surface area contributed by atoms with Gasteiger partial charge in [-0.1, -0.05) is 18.2 Å². The summed E-state index contributed by atoms with van der Waals surface area (Å²) >= 11 is 0. The van der Waals surface area contributed by atoms with Crippen LogP contribution in [0.3, 0.4) is 0 Å². The largest absolute Gasteiger partial charge is 0.497 e. The number of nitrogens with one attached hydrogen (secondary N) is 1.